The number of carbonyl (C=O) groups excluding carboxylic acids is 1. The Morgan fingerprint density at radius 2 is 2.10 bits per heavy atom. The van der Waals surface area contributed by atoms with E-state index in [1.807, 2.05) is 0 Å². The van der Waals surface area contributed by atoms with E-state index in [1.54, 1.807) is 20.2 Å². The molecule has 0 saturated heterocycles. The number of nitro benzene ring substituents is 1. The van der Waals surface area contributed by atoms with Crippen LogP contribution in [0.3, 0.4) is 0 Å². The summed E-state index contributed by atoms with van der Waals surface area (Å²) in [4.78, 5) is 22.9. The maximum absolute atomic E-state index is 11.2. The number of nitro groups is 1. The van der Waals surface area contributed by atoms with Gasteiger partial charge in [-0.3, -0.25) is 10.1 Å². The molecule has 0 unspecified atom stereocenters. The van der Waals surface area contributed by atoms with Crippen molar-refractivity contribution in [3.8, 4) is 0 Å². The molecular weight excluding hydrogens is 328 g/mol. The number of non-ortho nitro benzene ring substituents is 1. The van der Waals surface area contributed by atoms with E-state index in [-0.39, 0.29) is 11.7 Å². The molecule has 1 aromatic rings. The van der Waals surface area contributed by atoms with E-state index < -0.39 is 4.92 Å². The highest BCUT2D eigenvalue weighted by Crippen LogP contribution is 2.22. The lowest BCUT2D eigenvalue weighted by molar-refractivity contribution is -0.384. The second kappa shape index (κ2) is 7.81. The van der Waals surface area contributed by atoms with Gasteiger partial charge in [0.05, 0.1) is 4.92 Å². The molecule has 2 amide bonds. The average molecular weight is 345 g/mol. The topological polar surface area (TPSA) is 87.5 Å². The number of urea groups is 1. The van der Waals surface area contributed by atoms with Crippen LogP contribution in [0.5, 0.6) is 0 Å². The lowest BCUT2D eigenvalue weighted by Crippen LogP contribution is -2.38. The summed E-state index contributed by atoms with van der Waals surface area (Å²) < 4.78 is 0.691. The monoisotopic (exact) mass is 344 g/mol. The van der Waals surface area contributed by atoms with Crippen molar-refractivity contribution in [1.82, 2.24) is 15.5 Å². The summed E-state index contributed by atoms with van der Waals surface area (Å²) in [5, 5.41) is 16.5. The van der Waals surface area contributed by atoms with E-state index in [9.17, 15) is 14.9 Å². The molecule has 110 valence electrons. The molecule has 0 aliphatic heterocycles. The van der Waals surface area contributed by atoms with E-state index in [1.165, 1.54) is 17.0 Å². The number of hydrogen-bond acceptors (Lipinski definition) is 4. The first-order chi connectivity index (χ1) is 9.41. The molecule has 8 heteroatoms. The highest BCUT2D eigenvalue weighted by atomic mass is 79.9. The summed E-state index contributed by atoms with van der Waals surface area (Å²) >= 11 is 3.31. The summed E-state index contributed by atoms with van der Waals surface area (Å²) in [6, 6.07) is 4.51. The number of nitrogens with zero attached hydrogens (tertiary/aromatic N) is 2. The van der Waals surface area contributed by atoms with Gasteiger partial charge in [0.15, 0.2) is 0 Å². The highest BCUT2D eigenvalue weighted by molar-refractivity contribution is 9.10. The van der Waals surface area contributed by atoms with Crippen LogP contribution in [0, 0.1) is 10.1 Å². The lowest BCUT2D eigenvalue weighted by atomic mass is 10.2. The van der Waals surface area contributed by atoms with Crippen LogP contribution in [0.4, 0.5) is 10.5 Å². The SMILES string of the molecule is CN(C)C(=O)NCCNCc1ccc([N+](=O)[O-])cc1Br. The van der Waals surface area contributed by atoms with Crippen molar-refractivity contribution in [3.63, 3.8) is 0 Å². The van der Waals surface area contributed by atoms with Crippen LogP contribution in [0.1, 0.15) is 5.56 Å². The third-order valence-corrected chi connectivity index (χ3v) is 3.29. The Morgan fingerprint density at radius 3 is 2.65 bits per heavy atom. The highest BCUT2D eigenvalue weighted by Gasteiger charge is 2.08. The largest absolute Gasteiger partial charge is 0.337 e. The fourth-order valence-corrected chi connectivity index (χ4v) is 1.94. The van der Waals surface area contributed by atoms with Crippen molar-refractivity contribution >= 4 is 27.6 Å². The van der Waals surface area contributed by atoms with Crippen LogP contribution in [0.2, 0.25) is 0 Å². The second-order valence-electron chi connectivity index (χ2n) is 4.34. The summed E-state index contributed by atoms with van der Waals surface area (Å²) in [6.07, 6.45) is 0. The van der Waals surface area contributed by atoms with Gasteiger partial charge in [0, 0.05) is 50.3 Å². The minimum Gasteiger partial charge on any atom is -0.337 e. The molecule has 0 fully saturated rings. The number of nitrogens with one attached hydrogen (secondary N) is 2. The van der Waals surface area contributed by atoms with Gasteiger partial charge in [-0.1, -0.05) is 15.9 Å². The number of rotatable bonds is 6. The van der Waals surface area contributed by atoms with Crippen LogP contribution in [-0.2, 0) is 6.54 Å². The minimum absolute atomic E-state index is 0.0545. The summed E-state index contributed by atoms with van der Waals surface area (Å²) in [6.45, 7) is 1.70. The van der Waals surface area contributed by atoms with Crippen LogP contribution in [0.15, 0.2) is 22.7 Å². The fraction of sp³-hybridized carbons (Fsp3) is 0.417. The van der Waals surface area contributed by atoms with E-state index in [0.717, 1.165) is 5.56 Å². The molecule has 0 aromatic heterocycles. The molecule has 0 bridgehead atoms. The van der Waals surface area contributed by atoms with Gasteiger partial charge in [0.1, 0.15) is 0 Å². The molecule has 1 rings (SSSR count). The van der Waals surface area contributed by atoms with E-state index >= 15 is 0 Å². The predicted molar refractivity (Wildman–Crippen MR) is 79.6 cm³/mol. The molecular formula is C12H17BrN4O3. The molecule has 1 aromatic carbocycles. The maximum atomic E-state index is 11.2. The van der Waals surface area contributed by atoms with Gasteiger partial charge in [0.2, 0.25) is 0 Å². The summed E-state index contributed by atoms with van der Waals surface area (Å²) in [5.41, 5.74) is 0.980. The first-order valence-electron chi connectivity index (χ1n) is 6.00. The van der Waals surface area contributed by atoms with Gasteiger partial charge in [-0.2, -0.15) is 0 Å². The Kier molecular flexibility index (Phi) is 6.40. The number of carbonyl (C=O) groups is 1. The van der Waals surface area contributed by atoms with Gasteiger partial charge in [-0.25, -0.2) is 4.79 Å². The first kappa shape index (κ1) is 16.4. The molecule has 0 aliphatic rings. The first-order valence-corrected chi connectivity index (χ1v) is 6.80. The van der Waals surface area contributed by atoms with Crippen molar-refractivity contribution in [2.45, 2.75) is 6.54 Å². The normalized spacial score (nSPS) is 10.2. The van der Waals surface area contributed by atoms with Crippen LogP contribution < -0.4 is 10.6 Å². The van der Waals surface area contributed by atoms with Gasteiger partial charge in [-0.15, -0.1) is 0 Å². The van der Waals surface area contributed by atoms with Crippen molar-refractivity contribution in [2.24, 2.45) is 0 Å². The van der Waals surface area contributed by atoms with Crippen LogP contribution in [-0.4, -0.2) is 43.0 Å². The Bertz CT molecular complexity index is 494. The average Bonchev–Trinajstić information content (AvgIpc) is 2.39. The van der Waals surface area contributed by atoms with Crippen LogP contribution >= 0.6 is 15.9 Å². The number of hydrogen-bond donors (Lipinski definition) is 2. The molecule has 0 heterocycles. The molecule has 0 spiro atoms. The molecule has 20 heavy (non-hydrogen) atoms. The Balaban J connectivity index is 2.36. The van der Waals surface area contributed by atoms with E-state index in [0.29, 0.717) is 24.1 Å². The molecule has 0 radical (unpaired) electrons. The van der Waals surface area contributed by atoms with E-state index in [2.05, 4.69) is 26.6 Å². The smallest absolute Gasteiger partial charge is 0.316 e. The second-order valence-corrected chi connectivity index (χ2v) is 5.19. The minimum atomic E-state index is -0.432. The standard InChI is InChI=1S/C12H17BrN4O3/c1-16(2)12(18)15-6-5-14-8-9-3-4-10(17(19)20)7-11(9)13/h3-4,7,14H,5-6,8H2,1-2H3,(H,15,18). The molecule has 0 saturated carbocycles. The van der Waals surface area contributed by atoms with Gasteiger partial charge < -0.3 is 15.5 Å². The Morgan fingerprint density at radius 1 is 1.40 bits per heavy atom. The van der Waals surface area contributed by atoms with Crippen molar-refractivity contribution in [3.05, 3.63) is 38.3 Å². The quantitative estimate of drug-likeness (QED) is 0.467. The maximum Gasteiger partial charge on any atom is 0.316 e. The predicted octanol–water partition coefficient (Wildman–Crippen LogP) is 1.72. The van der Waals surface area contributed by atoms with Crippen molar-refractivity contribution in [2.75, 3.05) is 27.2 Å². The van der Waals surface area contributed by atoms with Gasteiger partial charge in [0.25, 0.3) is 5.69 Å². The summed E-state index contributed by atoms with van der Waals surface area (Å²) in [5.74, 6) is 0. The third-order valence-electron chi connectivity index (χ3n) is 2.55. The van der Waals surface area contributed by atoms with Crippen molar-refractivity contribution < 1.29 is 9.72 Å². The molecule has 7 nitrogen and oxygen atoms in total. The lowest BCUT2D eigenvalue weighted by Gasteiger charge is -2.12. The van der Waals surface area contributed by atoms with Crippen LogP contribution in [0.25, 0.3) is 0 Å². The number of halogens is 1. The number of amides is 2. The summed E-state index contributed by atoms with van der Waals surface area (Å²) in [7, 11) is 3.35. The molecule has 2 N–H and O–H groups in total. The molecule has 0 aliphatic carbocycles. The zero-order valence-electron chi connectivity index (χ0n) is 11.4. The van der Waals surface area contributed by atoms with Crippen molar-refractivity contribution in [1.29, 1.82) is 0 Å². The Labute approximate surface area is 125 Å². The zero-order chi connectivity index (χ0) is 15.1. The zero-order valence-corrected chi connectivity index (χ0v) is 12.9. The van der Waals surface area contributed by atoms with Gasteiger partial charge >= 0.3 is 6.03 Å². The van der Waals surface area contributed by atoms with Gasteiger partial charge in [-0.05, 0) is 11.6 Å². The number of benzene rings is 1. The molecule has 0 atom stereocenters. The fourth-order valence-electron chi connectivity index (χ4n) is 1.43. The Hall–Kier alpha value is -1.67. The van der Waals surface area contributed by atoms with E-state index in [4.69, 9.17) is 0 Å². The third kappa shape index (κ3) is 5.14.